The standard InChI is InChI=1S/C35H27NOS/c1-35(2,3)25-20-18-22(19-21-25)26-9-7-12-30-32(26)37-34(36-30)24-16-14-23(15-17-24)27-10-6-11-29-28-8-4-5-13-31(28)38-33(27)29/h4-21H,1-3H3. The third-order valence-corrected chi connectivity index (χ3v) is 8.54. The molecular formula is C35H27NOS. The monoisotopic (exact) mass is 509 g/mol. The summed E-state index contributed by atoms with van der Waals surface area (Å²) >= 11 is 1.86. The van der Waals surface area contributed by atoms with Crippen molar-refractivity contribution in [3.63, 3.8) is 0 Å². The van der Waals surface area contributed by atoms with Crippen LogP contribution in [0.2, 0.25) is 0 Å². The van der Waals surface area contributed by atoms with E-state index < -0.39 is 0 Å². The van der Waals surface area contributed by atoms with Gasteiger partial charge >= 0.3 is 0 Å². The van der Waals surface area contributed by atoms with Gasteiger partial charge in [-0.25, -0.2) is 4.98 Å². The zero-order valence-electron chi connectivity index (χ0n) is 21.7. The van der Waals surface area contributed by atoms with Crippen LogP contribution in [-0.2, 0) is 5.41 Å². The molecule has 0 amide bonds. The second-order valence-corrected chi connectivity index (χ2v) is 11.9. The molecule has 0 radical (unpaired) electrons. The highest BCUT2D eigenvalue weighted by molar-refractivity contribution is 7.26. The summed E-state index contributed by atoms with van der Waals surface area (Å²) in [7, 11) is 0. The van der Waals surface area contributed by atoms with Gasteiger partial charge in [-0.2, -0.15) is 0 Å². The van der Waals surface area contributed by atoms with Crippen molar-refractivity contribution >= 4 is 42.6 Å². The zero-order chi connectivity index (χ0) is 25.9. The summed E-state index contributed by atoms with van der Waals surface area (Å²) in [6.07, 6.45) is 0. The number of thiophene rings is 1. The van der Waals surface area contributed by atoms with E-state index in [1.54, 1.807) is 0 Å². The minimum Gasteiger partial charge on any atom is -0.435 e. The molecule has 2 heterocycles. The average molecular weight is 510 g/mol. The largest absolute Gasteiger partial charge is 0.435 e. The maximum absolute atomic E-state index is 6.38. The number of rotatable bonds is 3. The van der Waals surface area contributed by atoms with Crippen LogP contribution in [0.4, 0.5) is 0 Å². The lowest BCUT2D eigenvalue weighted by Crippen LogP contribution is -2.10. The normalized spacial score (nSPS) is 12.1. The van der Waals surface area contributed by atoms with Gasteiger partial charge in [0.1, 0.15) is 5.52 Å². The summed E-state index contributed by atoms with van der Waals surface area (Å²) in [5, 5.41) is 2.63. The Bertz CT molecular complexity index is 1930. The Balaban J connectivity index is 1.26. The van der Waals surface area contributed by atoms with Crippen LogP contribution in [0.1, 0.15) is 26.3 Å². The number of hydrogen-bond donors (Lipinski definition) is 0. The quantitative estimate of drug-likeness (QED) is 0.237. The number of fused-ring (bicyclic) bond motifs is 4. The van der Waals surface area contributed by atoms with Crippen LogP contribution in [0.15, 0.2) is 114 Å². The van der Waals surface area contributed by atoms with Crippen molar-refractivity contribution in [3.05, 3.63) is 115 Å². The van der Waals surface area contributed by atoms with Gasteiger partial charge in [-0.15, -0.1) is 11.3 Å². The Morgan fingerprint density at radius 1 is 0.605 bits per heavy atom. The maximum atomic E-state index is 6.38. The van der Waals surface area contributed by atoms with Gasteiger partial charge in [0, 0.05) is 31.3 Å². The molecule has 0 fully saturated rings. The molecule has 5 aromatic carbocycles. The lowest BCUT2D eigenvalue weighted by molar-refractivity contribution is 0.590. The number of para-hydroxylation sites is 1. The number of aromatic nitrogens is 1. The molecule has 184 valence electrons. The molecule has 0 aliphatic rings. The zero-order valence-corrected chi connectivity index (χ0v) is 22.5. The van der Waals surface area contributed by atoms with E-state index in [9.17, 15) is 0 Å². The fraction of sp³-hybridized carbons (Fsp3) is 0.114. The highest BCUT2D eigenvalue weighted by atomic mass is 32.1. The average Bonchev–Trinajstić information content (AvgIpc) is 3.54. The highest BCUT2D eigenvalue weighted by Gasteiger charge is 2.16. The number of oxazole rings is 1. The molecule has 0 bridgehead atoms. The molecular weight excluding hydrogens is 482 g/mol. The van der Waals surface area contributed by atoms with Gasteiger partial charge in [-0.1, -0.05) is 106 Å². The van der Waals surface area contributed by atoms with Gasteiger partial charge in [-0.3, -0.25) is 0 Å². The Morgan fingerprint density at radius 3 is 2.03 bits per heavy atom. The molecule has 0 N–H and O–H groups in total. The van der Waals surface area contributed by atoms with Crippen molar-refractivity contribution in [1.82, 2.24) is 4.98 Å². The molecule has 2 aromatic heterocycles. The van der Waals surface area contributed by atoms with E-state index in [1.807, 2.05) is 17.4 Å². The van der Waals surface area contributed by atoms with E-state index in [1.165, 1.54) is 36.9 Å². The van der Waals surface area contributed by atoms with Crippen molar-refractivity contribution in [3.8, 4) is 33.7 Å². The highest BCUT2D eigenvalue weighted by Crippen LogP contribution is 2.40. The molecule has 38 heavy (non-hydrogen) atoms. The van der Waals surface area contributed by atoms with Gasteiger partial charge in [0.05, 0.1) is 0 Å². The molecule has 2 nitrogen and oxygen atoms in total. The van der Waals surface area contributed by atoms with E-state index in [0.29, 0.717) is 5.89 Å². The predicted octanol–water partition coefficient (Wildman–Crippen LogP) is 10.5. The fourth-order valence-electron chi connectivity index (χ4n) is 5.22. The predicted molar refractivity (Wildman–Crippen MR) is 162 cm³/mol. The minimum atomic E-state index is 0.124. The summed E-state index contributed by atoms with van der Waals surface area (Å²) in [6, 6.07) is 38.8. The number of nitrogens with zero attached hydrogens (tertiary/aromatic N) is 1. The van der Waals surface area contributed by atoms with Crippen LogP contribution >= 0.6 is 11.3 Å². The molecule has 3 heteroatoms. The van der Waals surface area contributed by atoms with Crippen LogP contribution in [0.25, 0.3) is 65.0 Å². The second kappa shape index (κ2) is 8.68. The molecule has 7 aromatic rings. The van der Waals surface area contributed by atoms with Crippen LogP contribution in [0.3, 0.4) is 0 Å². The SMILES string of the molecule is CC(C)(C)c1ccc(-c2cccc3nc(-c4ccc(-c5cccc6c5sc5ccccc56)cc4)oc23)cc1. The Kier molecular flexibility index (Phi) is 5.24. The van der Waals surface area contributed by atoms with Crippen molar-refractivity contribution in [1.29, 1.82) is 0 Å². The molecule has 0 saturated carbocycles. The number of benzene rings is 5. The van der Waals surface area contributed by atoms with Crippen LogP contribution < -0.4 is 0 Å². The van der Waals surface area contributed by atoms with Crippen molar-refractivity contribution in [2.75, 3.05) is 0 Å². The molecule has 0 atom stereocenters. The lowest BCUT2D eigenvalue weighted by Gasteiger charge is -2.19. The van der Waals surface area contributed by atoms with Gasteiger partial charge in [0.15, 0.2) is 5.58 Å². The first-order valence-corrected chi connectivity index (χ1v) is 13.8. The molecule has 0 saturated heterocycles. The summed E-state index contributed by atoms with van der Waals surface area (Å²) in [4.78, 5) is 4.84. The third kappa shape index (κ3) is 3.82. The first kappa shape index (κ1) is 22.9. The number of hydrogen-bond acceptors (Lipinski definition) is 3. The summed E-state index contributed by atoms with van der Waals surface area (Å²) in [5.41, 5.74) is 8.77. The first-order valence-electron chi connectivity index (χ1n) is 13.0. The lowest BCUT2D eigenvalue weighted by atomic mass is 9.86. The maximum Gasteiger partial charge on any atom is 0.227 e. The molecule has 0 aliphatic heterocycles. The van der Waals surface area contributed by atoms with E-state index in [2.05, 4.69) is 124 Å². The van der Waals surface area contributed by atoms with Gasteiger partial charge < -0.3 is 4.42 Å². The van der Waals surface area contributed by atoms with Gasteiger partial charge in [0.2, 0.25) is 5.89 Å². The topological polar surface area (TPSA) is 26.0 Å². The third-order valence-electron chi connectivity index (χ3n) is 7.32. The minimum absolute atomic E-state index is 0.124. The summed E-state index contributed by atoms with van der Waals surface area (Å²) in [6.45, 7) is 6.71. The summed E-state index contributed by atoms with van der Waals surface area (Å²) in [5.74, 6) is 0.644. The van der Waals surface area contributed by atoms with Crippen molar-refractivity contribution in [2.24, 2.45) is 0 Å². The fourth-order valence-corrected chi connectivity index (χ4v) is 6.45. The Labute approximate surface area is 226 Å². The van der Waals surface area contributed by atoms with E-state index in [0.717, 1.165) is 27.8 Å². The van der Waals surface area contributed by atoms with Crippen molar-refractivity contribution < 1.29 is 4.42 Å². The molecule has 0 unspecified atom stereocenters. The van der Waals surface area contributed by atoms with Gasteiger partial charge in [0.25, 0.3) is 0 Å². The molecule has 0 spiro atoms. The smallest absolute Gasteiger partial charge is 0.227 e. The van der Waals surface area contributed by atoms with Crippen molar-refractivity contribution in [2.45, 2.75) is 26.2 Å². The Morgan fingerprint density at radius 2 is 1.24 bits per heavy atom. The molecule has 7 rings (SSSR count). The van der Waals surface area contributed by atoms with Crippen LogP contribution in [-0.4, -0.2) is 4.98 Å². The molecule has 0 aliphatic carbocycles. The first-order chi connectivity index (χ1) is 18.5. The Hall–Kier alpha value is -4.21. The van der Waals surface area contributed by atoms with Crippen LogP contribution in [0, 0.1) is 0 Å². The van der Waals surface area contributed by atoms with E-state index in [-0.39, 0.29) is 5.41 Å². The second-order valence-electron chi connectivity index (χ2n) is 10.9. The van der Waals surface area contributed by atoms with Crippen LogP contribution in [0.5, 0.6) is 0 Å². The van der Waals surface area contributed by atoms with Gasteiger partial charge in [-0.05, 0) is 51.9 Å². The summed E-state index contributed by atoms with van der Waals surface area (Å²) < 4.78 is 9.03. The van der Waals surface area contributed by atoms with E-state index >= 15 is 0 Å². The van der Waals surface area contributed by atoms with E-state index in [4.69, 9.17) is 9.40 Å².